The minimum atomic E-state index is 0. The van der Waals surface area contributed by atoms with Gasteiger partial charge in [-0.25, -0.2) is 9.98 Å². The van der Waals surface area contributed by atoms with E-state index in [1.165, 1.54) is 18.4 Å². The molecule has 0 bridgehead atoms. The van der Waals surface area contributed by atoms with Crippen molar-refractivity contribution in [1.29, 1.82) is 0 Å². The Hall–Kier alpha value is -1.91. The molecule has 0 amide bonds. The number of aromatic nitrogens is 4. The van der Waals surface area contributed by atoms with E-state index in [1.54, 1.807) is 0 Å². The van der Waals surface area contributed by atoms with Gasteiger partial charge in [0.15, 0.2) is 11.8 Å². The Balaban J connectivity index is 0.00000240. The van der Waals surface area contributed by atoms with Gasteiger partial charge in [0.1, 0.15) is 18.2 Å². The highest BCUT2D eigenvalue weighted by molar-refractivity contribution is 14.0. The number of halogens is 1. The number of aliphatic imine (C=N–C) groups is 1. The van der Waals surface area contributed by atoms with E-state index in [4.69, 9.17) is 4.99 Å². The zero-order valence-corrected chi connectivity index (χ0v) is 19.8. The molecule has 2 aliphatic rings. The molecule has 158 valence electrons. The molecule has 2 fully saturated rings. The Morgan fingerprint density at radius 1 is 1.07 bits per heavy atom. The van der Waals surface area contributed by atoms with E-state index < -0.39 is 0 Å². The summed E-state index contributed by atoms with van der Waals surface area (Å²) < 4.78 is 1.99. The molecule has 9 heteroatoms. The van der Waals surface area contributed by atoms with E-state index in [0.29, 0.717) is 18.6 Å². The van der Waals surface area contributed by atoms with Crippen LogP contribution >= 0.6 is 24.0 Å². The summed E-state index contributed by atoms with van der Waals surface area (Å²) in [7, 11) is 1.98. The molecule has 8 nitrogen and oxygen atoms in total. The van der Waals surface area contributed by atoms with Crippen molar-refractivity contribution in [3.8, 4) is 0 Å². The fraction of sp³-hybridized carbons (Fsp3) is 0.600. The van der Waals surface area contributed by atoms with Gasteiger partial charge in [0.2, 0.25) is 0 Å². The third-order valence-electron chi connectivity index (χ3n) is 5.54. The number of hydrogen-bond donors (Lipinski definition) is 2. The lowest BCUT2D eigenvalue weighted by Gasteiger charge is -2.34. The van der Waals surface area contributed by atoms with Gasteiger partial charge in [-0.2, -0.15) is 0 Å². The van der Waals surface area contributed by atoms with E-state index in [1.807, 2.05) is 24.7 Å². The van der Waals surface area contributed by atoms with Crippen molar-refractivity contribution < 1.29 is 0 Å². The molecule has 0 spiro atoms. The molecular weight excluding hydrogens is 479 g/mol. The molecule has 0 unspecified atom stereocenters. The van der Waals surface area contributed by atoms with Crippen LogP contribution in [0.1, 0.15) is 42.9 Å². The predicted molar refractivity (Wildman–Crippen MR) is 126 cm³/mol. The van der Waals surface area contributed by atoms with Crippen LogP contribution in [0.3, 0.4) is 0 Å². The van der Waals surface area contributed by atoms with Gasteiger partial charge in [0.25, 0.3) is 0 Å². The zero-order chi connectivity index (χ0) is 19.5. The van der Waals surface area contributed by atoms with Crippen LogP contribution in [-0.2, 0) is 13.6 Å². The van der Waals surface area contributed by atoms with Crippen molar-refractivity contribution in [3.63, 3.8) is 0 Å². The van der Waals surface area contributed by atoms with E-state index in [9.17, 15) is 0 Å². The second-order valence-electron chi connectivity index (χ2n) is 7.91. The lowest BCUT2D eigenvalue weighted by molar-refractivity contribution is 0.459. The Labute approximate surface area is 189 Å². The summed E-state index contributed by atoms with van der Waals surface area (Å²) in [5.74, 6) is 3.77. The van der Waals surface area contributed by atoms with Gasteiger partial charge in [-0.05, 0) is 51.2 Å². The number of nitrogens with zero attached hydrogens (tertiary/aromatic N) is 6. The number of hydrogen-bond acceptors (Lipinski definition) is 5. The van der Waals surface area contributed by atoms with Crippen molar-refractivity contribution in [2.75, 3.05) is 18.0 Å². The van der Waals surface area contributed by atoms with Crippen LogP contribution in [0, 0.1) is 13.8 Å². The Bertz CT molecular complexity index is 820. The topological polar surface area (TPSA) is 83.3 Å². The first-order chi connectivity index (χ1) is 13.6. The number of rotatable bonds is 5. The normalized spacial score (nSPS) is 17.8. The van der Waals surface area contributed by atoms with Gasteiger partial charge >= 0.3 is 0 Å². The molecule has 29 heavy (non-hydrogen) atoms. The molecule has 2 aromatic rings. The molecule has 0 aromatic carbocycles. The standard InChI is InChI=1S/C20H30N8.HI/c1-14-4-7-18(21-12-14)28-10-8-17(9-11-28)24-20(23-16-5-6-16)22-13-19-26-25-15(2)27(19)3;/h4,7,12,16-17H,5-6,8-11,13H2,1-3H3,(H2,22,23,24);1H. The maximum atomic E-state index is 4.77. The summed E-state index contributed by atoms with van der Waals surface area (Å²) in [6.07, 6.45) is 6.54. The van der Waals surface area contributed by atoms with Crippen LogP contribution in [-0.4, -0.2) is 50.9 Å². The van der Waals surface area contributed by atoms with Gasteiger partial charge < -0.3 is 20.1 Å². The first-order valence-electron chi connectivity index (χ1n) is 10.2. The van der Waals surface area contributed by atoms with Gasteiger partial charge in [-0.1, -0.05) is 6.07 Å². The third kappa shape index (κ3) is 5.80. The lowest BCUT2D eigenvalue weighted by atomic mass is 10.1. The van der Waals surface area contributed by atoms with E-state index in [0.717, 1.165) is 49.4 Å². The summed E-state index contributed by atoms with van der Waals surface area (Å²) >= 11 is 0. The first kappa shape index (κ1) is 21.8. The average molecular weight is 510 g/mol. The molecule has 3 heterocycles. The van der Waals surface area contributed by atoms with Gasteiger partial charge in [0.05, 0.1) is 0 Å². The lowest BCUT2D eigenvalue weighted by Crippen LogP contribution is -2.49. The minimum absolute atomic E-state index is 0. The molecule has 4 rings (SSSR count). The second-order valence-corrected chi connectivity index (χ2v) is 7.91. The van der Waals surface area contributed by atoms with E-state index in [2.05, 4.69) is 49.8 Å². The van der Waals surface area contributed by atoms with Crippen LogP contribution < -0.4 is 15.5 Å². The maximum Gasteiger partial charge on any atom is 0.192 e. The summed E-state index contributed by atoms with van der Waals surface area (Å²) in [6.45, 7) is 6.58. The summed E-state index contributed by atoms with van der Waals surface area (Å²) in [4.78, 5) is 11.7. The largest absolute Gasteiger partial charge is 0.356 e. The van der Waals surface area contributed by atoms with E-state index >= 15 is 0 Å². The monoisotopic (exact) mass is 510 g/mol. The maximum absolute atomic E-state index is 4.77. The highest BCUT2D eigenvalue weighted by atomic mass is 127. The Kier molecular flexibility index (Phi) is 7.31. The van der Waals surface area contributed by atoms with E-state index in [-0.39, 0.29) is 24.0 Å². The predicted octanol–water partition coefficient (Wildman–Crippen LogP) is 2.31. The SMILES string of the molecule is Cc1ccc(N2CCC(NC(=NCc3nnc(C)n3C)NC3CC3)CC2)nc1.I. The van der Waals surface area contributed by atoms with Crippen molar-refractivity contribution in [1.82, 2.24) is 30.4 Å². The highest BCUT2D eigenvalue weighted by Gasteiger charge is 2.25. The number of anilines is 1. The van der Waals surface area contributed by atoms with Crippen LogP contribution in [0.4, 0.5) is 5.82 Å². The quantitative estimate of drug-likeness (QED) is 0.365. The van der Waals surface area contributed by atoms with Crippen LogP contribution in [0.2, 0.25) is 0 Å². The second kappa shape index (κ2) is 9.73. The summed E-state index contributed by atoms with van der Waals surface area (Å²) in [5, 5.41) is 15.5. The van der Waals surface area contributed by atoms with Gasteiger partial charge in [-0.3, -0.25) is 0 Å². The molecule has 2 N–H and O–H groups in total. The molecule has 0 atom stereocenters. The zero-order valence-electron chi connectivity index (χ0n) is 17.4. The molecular formula is C20H31IN8. The molecule has 1 saturated heterocycles. The van der Waals surface area contributed by atoms with Gasteiger partial charge in [0, 0.05) is 38.4 Å². The first-order valence-corrected chi connectivity index (χ1v) is 10.2. The minimum Gasteiger partial charge on any atom is -0.356 e. The smallest absolute Gasteiger partial charge is 0.192 e. The number of aryl methyl sites for hydroxylation is 2. The van der Waals surface area contributed by atoms with Crippen molar-refractivity contribution in [3.05, 3.63) is 35.5 Å². The summed E-state index contributed by atoms with van der Waals surface area (Å²) in [5.41, 5.74) is 1.20. The van der Waals surface area contributed by atoms with Crippen molar-refractivity contribution in [2.45, 2.75) is 58.2 Å². The average Bonchev–Trinajstić information content (AvgIpc) is 3.46. The van der Waals surface area contributed by atoms with Crippen molar-refractivity contribution >= 4 is 35.8 Å². The van der Waals surface area contributed by atoms with Crippen LogP contribution in [0.15, 0.2) is 23.3 Å². The van der Waals surface area contributed by atoms with Crippen LogP contribution in [0.5, 0.6) is 0 Å². The van der Waals surface area contributed by atoms with Gasteiger partial charge in [-0.15, -0.1) is 34.2 Å². The number of piperidine rings is 1. The van der Waals surface area contributed by atoms with Crippen molar-refractivity contribution in [2.24, 2.45) is 12.0 Å². The highest BCUT2D eigenvalue weighted by Crippen LogP contribution is 2.20. The molecule has 1 saturated carbocycles. The number of guanidine groups is 1. The molecule has 1 aliphatic carbocycles. The molecule has 0 radical (unpaired) electrons. The fourth-order valence-corrected chi connectivity index (χ4v) is 3.39. The summed E-state index contributed by atoms with van der Waals surface area (Å²) in [6, 6.07) is 5.23. The van der Waals surface area contributed by atoms with Crippen LogP contribution in [0.25, 0.3) is 0 Å². The molecule has 1 aliphatic heterocycles. The molecule has 2 aromatic heterocycles. The number of pyridine rings is 1. The Morgan fingerprint density at radius 2 is 1.76 bits per heavy atom. The fourth-order valence-electron chi connectivity index (χ4n) is 3.39. The Morgan fingerprint density at radius 3 is 2.31 bits per heavy atom. The number of nitrogens with one attached hydrogen (secondary N) is 2. The third-order valence-corrected chi connectivity index (χ3v) is 5.54.